The number of rotatable bonds is 5. The first-order valence-electron chi connectivity index (χ1n) is 8.80. The van der Waals surface area contributed by atoms with Crippen molar-refractivity contribution in [3.05, 3.63) is 60.7 Å². The van der Waals surface area contributed by atoms with E-state index in [2.05, 4.69) is 4.98 Å². The molecule has 1 aliphatic heterocycles. The molecular weight excluding hydrogens is 360 g/mol. The Balaban J connectivity index is 1.31. The first kappa shape index (κ1) is 17.7. The third kappa shape index (κ3) is 4.17. The molecule has 27 heavy (non-hydrogen) atoms. The van der Waals surface area contributed by atoms with Gasteiger partial charge in [-0.25, -0.2) is 4.98 Å². The number of fused-ring (bicyclic) bond motifs is 2. The smallest absolute Gasteiger partial charge is 0.232 e. The second-order valence-electron chi connectivity index (χ2n) is 6.40. The van der Waals surface area contributed by atoms with Crippen LogP contribution in [0.15, 0.2) is 65.7 Å². The topological polar surface area (TPSA) is 51.7 Å². The highest BCUT2D eigenvalue weighted by Crippen LogP contribution is 2.31. The Kier molecular flexibility index (Phi) is 5.16. The van der Waals surface area contributed by atoms with Gasteiger partial charge in [-0.3, -0.25) is 4.79 Å². The number of carbonyl (C=O) groups excluding carboxylic acids is 1. The van der Waals surface area contributed by atoms with Crippen molar-refractivity contribution in [3.63, 3.8) is 0 Å². The highest BCUT2D eigenvalue weighted by Gasteiger charge is 2.23. The standard InChI is InChI=1S/C21H20N2O3S/c1-23(12-16-13-25-18-8-4-5-9-19(18)26-16)21(24)14-27-20-11-10-15-6-2-3-7-17(15)22-20/h2-11,16H,12-14H2,1H3. The number of aromatic nitrogens is 1. The van der Waals surface area contributed by atoms with Gasteiger partial charge in [-0.1, -0.05) is 48.2 Å². The Morgan fingerprint density at radius 2 is 1.89 bits per heavy atom. The van der Waals surface area contributed by atoms with E-state index in [0.717, 1.165) is 27.4 Å². The summed E-state index contributed by atoms with van der Waals surface area (Å²) in [7, 11) is 1.79. The molecule has 1 aliphatic rings. The maximum Gasteiger partial charge on any atom is 0.232 e. The molecular formula is C21H20N2O3S. The molecule has 3 aromatic rings. The Hall–Kier alpha value is -2.73. The number of pyridine rings is 1. The maximum atomic E-state index is 12.5. The van der Waals surface area contributed by atoms with Gasteiger partial charge < -0.3 is 14.4 Å². The van der Waals surface area contributed by atoms with E-state index < -0.39 is 0 Å². The highest BCUT2D eigenvalue weighted by molar-refractivity contribution is 7.99. The van der Waals surface area contributed by atoms with Crippen LogP contribution in [0.25, 0.3) is 10.9 Å². The summed E-state index contributed by atoms with van der Waals surface area (Å²) in [5.74, 6) is 1.86. The normalized spacial score (nSPS) is 15.5. The van der Waals surface area contributed by atoms with E-state index >= 15 is 0 Å². The Morgan fingerprint density at radius 3 is 2.78 bits per heavy atom. The van der Waals surface area contributed by atoms with E-state index in [-0.39, 0.29) is 12.0 Å². The quantitative estimate of drug-likeness (QED) is 0.633. The summed E-state index contributed by atoms with van der Waals surface area (Å²) in [5, 5.41) is 1.95. The van der Waals surface area contributed by atoms with Gasteiger partial charge in [0.15, 0.2) is 17.6 Å². The SMILES string of the molecule is CN(CC1COc2ccccc2O1)C(=O)CSc1ccc2ccccc2n1. The van der Waals surface area contributed by atoms with Gasteiger partial charge in [0.25, 0.3) is 0 Å². The molecule has 1 atom stereocenters. The zero-order chi connectivity index (χ0) is 18.6. The molecule has 0 N–H and O–H groups in total. The highest BCUT2D eigenvalue weighted by atomic mass is 32.2. The van der Waals surface area contributed by atoms with Gasteiger partial charge in [-0.2, -0.15) is 0 Å². The van der Waals surface area contributed by atoms with Crippen LogP contribution in [-0.2, 0) is 4.79 Å². The minimum absolute atomic E-state index is 0.0393. The molecule has 1 aromatic heterocycles. The van der Waals surface area contributed by atoms with Crippen LogP contribution in [0.3, 0.4) is 0 Å². The lowest BCUT2D eigenvalue weighted by atomic mass is 10.2. The number of para-hydroxylation sites is 3. The summed E-state index contributed by atoms with van der Waals surface area (Å²) < 4.78 is 11.6. The molecule has 0 aliphatic carbocycles. The van der Waals surface area contributed by atoms with Crippen molar-refractivity contribution in [2.45, 2.75) is 11.1 Å². The van der Waals surface area contributed by atoms with E-state index in [9.17, 15) is 4.79 Å². The summed E-state index contributed by atoms with van der Waals surface area (Å²) in [6.07, 6.45) is -0.169. The fourth-order valence-corrected chi connectivity index (χ4v) is 3.75. The van der Waals surface area contributed by atoms with Gasteiger partial charge in [0.05, 0.1) is 22.8 Å². The molecule has 0 radical (unpaired) electrons. The summed E-state index contributed by atoms with van der Waals surface area (Å²) >= 11 is 1.45. The zero-order valence-electron chi connectivity index (χ0n) is 15.0. The molecule has 4 rings (SSSR count). The average molecular weight is 380 g/mol. The number of benzene rings is 2. The second-order valence-corrected chi connectivity index (χ2v) is 7.40. The monoisotopic (exact) mass is 380 g/mol. The lowest BCUT2D eigenvalue weighted by Gasteiger charge is -2.29. The van der Waals surface area contributed by atoms with E-state index in [4.69, 9.17) is 9.47 Å². The molecule has 2 heterocycles. The molecule has 1 amide bonds. The number of ether oxygens (including phenoxy) is 2. The molecule has 1 unspecified atom stereocenters. The molecule has 2 aromatic carbocycles. The van der Waals surface area contributed by atoms with Crippen LogP contribution in [0.5, 0.6) is 11.5 Å². The zero-order valence-corrected chi connectivity index (χ0v) is 15.8. The number of likely N-dealkylation sites (N-methyl/N-ethyl adjacent to an activating group) is 1. The van der Waals surface area contributed by atoms with Crippen molar-refractivity contribution in [2.75, 3.05) is 26.0 Å². The molecule has 0 saturated heterocycles. The van der Waals surface area contributed by atoms with Crippen molar-refractivity contribution in [2.24, 2.45) is 0 Å². The van der Waals surface area contributed by atoms with Crippen molar-refractivity contribution >= 4 is 28.6 Å². The van der Waals surface area contributed by atoms with Gasteiger partial charge in [-0.15, -0.1) is 0 Å². The van der Waals surface area contributed by atoms with E-state index in [1.807, 2.05) is 60.7 Å². The summed E-state index contributed by atoms with van der Waals surface area (Å²) in [6.45, 7) is 0.923. The fourth-order valence-electron chi connectivity index (χ4n) is 2.93. The molecule has 0 bridgehead atoms. The number of amides is 1. The van der Waals surface area contributed by atoms with Crippen LogP contribution >= 0.6 is 11.8 Å². The lowest BCUT2D eigenvalue weighted by Crippen LogP contribution is -2.42. The second kappa shape index (κ2) is 7.88. The van der Waals surface area contributed by atoms with E-state index in [0.29, 0.717) is 18.9 Å². The molecule has 0 spiro atoms. The summed E-state index contributed by atoms with van der Waals surface area (Å²) in [5.41, 5.74) is 0.940. The Bertz CT molecular complexity index is 963. The molecule has 5 nitrogen and oxygen atoms in total. The van der Waals surface area contributed by atoms with Crippen LogP contribution in [0.4, 0.5) is 0 Å². The third-order valence-electron chi connectivity index (χ3n) is 4.39. The van der Waals surface area contributed by atoms with Gasteiger partial charge in [-0.05, 0) is 24.3 Å². The van der Waals surface area contributed by atoms with E-state index in [1.54, 1.807) is 11.9 Å². The van der Waals surface area contributed by atoms with Gasteiger partial charge in [0, 0.05) is 12.4 Å². The average Bonchev–Trinajstić information content (AvgIpc) is 2.71. The van der Waals surface area contributed by atoms with Crippen LogP contribution < -0.4 is 9.47 Å². The molecule has 0 fully saturated rings. The predicted octanol–water partition coefficient (Wildman–Crippen LogP) is 3.63. The van der Waals surface area contributed by atoms with Crippen molar-refractivity contribution in [1.29, 1.82) is 0 Å². The number of nitrogens with zero attached hydrogens (tertiary/aromatic N) is 2. The predicted molar refractivity (Wildman–Crippen MR) is 106 cm³/mol. The van der Waals surface area contributed by atoms with Crippen LogP contribution in [0, 0.1) is 0 Å². The Labute approximate surface area is 162 Å². The van der Waals surface area contributed by atoms with Crippen LogP contribution in [-0.4, -0.2) is 47.8 Å². The van der Waals surface area contributed by atoms with Gasteiger partial charge >= 0.3 is 0 Å². The van der Waals surface area contributed by atoms with Crippen molar-refractivity contribution in [1.82, 2.24) is 9.88 Å². The first-order chi connectivity index (χ1) is 13.2. The minimum Gasteiger partial charge on any atom is -0.486 e. The summed E-state index contributed by atoms with van der Waals surface area (Å²) in [6, 6.07) is 19.5. The number of hydrogen-bond donors (Lipinski definition) is 0. The van der Waals surface area contributed by atoms with Crippen molar-refractivity contribution in [3.8, 4) is 11.5 Å². The number of thioether (sulfide) groups is 1. The number of hydrogen-bond acceptors (Lipinski definition) is 5. The molecule has 6 heteroatoms. The lowest BCUT2D eigenvalue weighted by molar-refractivity contribution is -0.128. The van der Waals surface area contributed by atoms with Gasteiger partial charge in [0.1, 0.15) is 6.61 Å². The van der Waals surface area contributed by atoms with Gasteiger partial charge in [0.2, 0.25) is 5.91 Å². The fraction of sp³-hybridized carbons (Fsp3) is 0.238. The van der Waals surface area contributed by atoms with Crippen LogP contribution in [0.1, 0.15) is 0 Å². The number of carbonyl (C=O) groups is 1. The van der Waals surface area contributed by atoms with Crippen LogP contribution in [0.2, 0.25) is 0 Å². The largest absolute Gasteiger partial charge is 0.486 e. The third-order valence-corrected chi connectivity index (χ3v) is 5.30. The van der Waals surface area contributed by atoms with E-state index in [1.165, 1.54) is 11.8 Å². The maximum absolute atomic E-state index is 12.5. The summed E-state index contributed by atoms with van der Waals surface area (Å²) in [4.78, 5) is 18.8. The first-order valence-corrected chi connectivity index (χ1v) is 9.78. The molecule has 0 saturated carbocycles. The molecule has 138 valence electrons. The Morgan fingerprint density at radius 1 is 1.11 bits per heavy atom. The van der Waals surface area contributed by atoms with Crippen molar-refractivity contribution < 1.29 is 14.3 Å². The minimum atomic E-state index is -0.169.